The lowest BCUT2D eigenvalue weighted by molar-refractivity contribution is 0.0727. The number of carbonyl (C=O) groups excluding carboxylic acids is 1. The fourth-order valence-electron chi connectivity index (χ4n) is 1.22. The van der Waals surface area contributed by atoms with E-state index in [0.29, 0.717) is 5.56 Å². The Kier molecular flexibility index (Phi) is 4.07. The molecule has 0 saturated carbocycles. The second-order valence-corrected chi connectivity index (χ2v) is 4.48. The van der Waals surface area contributed by atoms with Crippen LogP contribution in [0.1, 0.15) is 10.4 Å². The molecule has 0 aliphatic rings. The molecule has 0 spiro atoms. The molecule has 1 aromatic carbocycles. The van der Waals surface area contributed by atoms with Crippen molar-refractivity contribution in [1.29, 1.82) is 0 Å². The van der Waals surface area contributed by atoms with Crippen molar-refractivity contribution in [3.05, 3.63) is 57.2 Å². The molecule has 1 aromatic heterocycles. The van der Waals surface area contributed by atoms with Crippen LogP contribution in [-0.2, 0) is 0 Å². The van der Waals surface area contributed by atoms with Gasteiger partial charge in [0.05, 0.1) is 10.6 Å². The number of aromatic nitrogens is 1. The predicted octanol–water partition coefficient (Wildman–Crippen LogP) is 4.26. The van der Waals surface area contributed by atoms with Crippen LogP contribution < -0.4 is 4.74 Å². The Morgan fingerprint density at radius 1 is 1.06 bits per heavy atom. The number of hydrogen-bond acceptors (Lipinski definition) is 3. The van der Waals surface area contributed by atoms with E-state index in [2.05, 4.69) is 4.98 Å². The normalized spacial score (nSPS) is 10.2. The van der Waals surface area contributed by atoms with Crippen LogP contribution in [0.3, 0.4) is 0 Å². The highest BCUT2D eigenvalue weighted by atomic mass is 35.5. The van der Waals surface area contributed by atoms with Crippen LogP contribution >= 0.6 is 34.8 Å². The predicted molar refractivity (Wildman–Crippen MR) is 70.7 cm³/mol. The van der Waals surface area contributed by atoms with Gasteiger partial charge in [-0.3, -0.25) is 0 Å². The van der Waals surface area contributed by atoms with Gasteiger partial charge in [-0.1, -0.05) is 53.0 Å². The summed E-state index contributed by atoms with van der Waals surface area (Å²) in [5.74, 6) is -0.636. The van der Waals surface area contributed by atoms with E-state index in [-0.39, 0.29) is 21.1 Å². The minimum atomic E-state index is -0.566. The zero-order valence-corrected chi connectivity index (χ0v) is 11.1. The van der Waals surface area contributed by atoms with Crippen molar-refractivity contribution >= 4 is 40.8 Å². The summed E-state index contributed by atoms with van der Waals surface area (Å²) < 4.78 is 5.04. The molecule has 0 atom stereocenters. The second kappa shape index (κ2) is 5.57. The Hall–Kier alpha value is -1.29. The topological polar surface area (TPSA) is 39.2 Å². The smallest absolute Gasteiger partial charge is 0.344 e. The molecular formula is C12H6Cl3NO2. The SMILES string of the molecule is O=C(Oc1nc(Cl)c(Cl)cc1Cl)c1ccccc1. The molecule has 92 valence electrons. The second-order valence-electron chi connectivity index (χ2n) is 3.30. The number of hydrogen-bond donors (Lipinski definition) is 0. The summed E-state index contributed by atoms with van der Waals surface area (Å²) in [5.41, 5.74) is 0.390. The Balaban J connectivity index is 2.25. The van der Waals surface area contributed by atoms with E-state index in [9.17, 15) is 4.79 Å². The summed E-state index contributed by atoms with van der Waals surface area (Å²) in [6, 6.07) is 9.84. The maximum Gasteiger partial charge on any atom is 0.344 e. The van der Waals surface area contributed by atoms with E-state index in [0.717, 1.165) is 0 Å². The molecule has 18 heavy (non-hydrogen) atoms. The molecule has 0 amide bonds. The first kappa shape index (κ1) is 13.1. The Morgan fingerprint density at radius 3 is 2.39 bits per heavy atom. The molecular weight excluding hydrogens is 296 g/mol. The van der Waals surface area contributed by atoms with Crippen LogP contribution in [0.2, 0.25) is 15.2 Å². The molecule has 6 heteroatoms. The van der Waals surface area contributed by atoms with E-state index in [1.807, 2.05) is 0 Å². The summed E-state index contributed by atoms with van der Waals surface area (Å²) in [4.78, 5) is 15.6. The molecule has 0 bridgehead atoms. The van der Waals surface area contributed by atoms with Gasteiger partial charge in [-0.05, 0) is 18.2 Å². The van der Waals surface area contributed by atoms with Crippen molar-refractivity contribution in [3.63, 3.8) is 0 Å². The lowest BCUT2D eigenvalue weighted by Gasteiger charge is -2.06. The van der Waals surface area contributed by atoms with Crippen LogP contribution in [0.4, 0.5) is 0 Å². The highest BCUT2D eigenvalue weighted by Gasteiger charge is 2.14. The molecule has 2 aromatic rings. The molecule has 0 N–H and O–H groups in total. The number of halogens is 3. The van der Waals surface area contributed by atoms with Crippen molar-refractivity contribution in [1.82, 2.24) is 4.98 Å². The average molecular weight is 303 g/mol. The molecule has 0 unspecified atom stereocenters. The van der Waals surface area contributed by atoms with Gasteiger partial charge < -0.3 is 4.74 Å². The lowest BCUT2D eigenvalue weighted by atomic mass is 10.2. The molecule has 1 heterocycles. The number of rotatable bonds is 2. The minimum absolute atomic E-state index is 0.0249. The number of benzene rings is 1. The summed E-state index contributed by atoms with van der Waals surface area (Å²) >= 11 is 17.3. The summed E-state index contributed by atoms with van der Waals surface area (Å²) in [7, 11) is 0. The van der Waals surface area contributed by atoms with Crippen LogP contribution in [0.25, 0.3) is 0 Å². The average Bonchev–Trinajstić information content (AvgIpc) is 2.37. The maximum absolute atomic E-state index is 11.8. The van der Waals surface area contributed by atoms with Crippen molar-refractivity contribution in [3.8, 4) is 5.88 Å². The first-order chi connectivity index (χ1) is 8.58. The standard InChI is InChI=1S/C12H6Cl3NO2/c13-8-6-9(14)11(16-10(8)15)18-12(17)7-4-2-1-3-5-7/h1-6H. The van der Waals surface area contributed by atoms with Gasteiger partial charge in [-0.15, -0.1) is 0 Å². The molecule has 0 radical (unpaired) electrons. The molecule has 0 aliphatic carbocycles. The van der Waals surface area contributed by atoms with E-state index in [1.54, 1.807) is 30.3 Å². The van der Waals surface area contributed by atoms with Gasteiger partial charge in [0.15, 0.2) is 5.15 Å². The number of esters is 1. The number of ether oxygens (including phenoxy) is 1. The number of pyridine rings is 1. The Morgan fingerprint density at radius 2 is 1.72 bits per heavy atom. The van der Waals surface area contributed by atoms with E-state index in [4.69, 9.17) is 39.5 Å². The summed E-state index contributed by atoms with van der Waals surface area (Å²) in [6.07, 6.45) is 0. The fraction of sp³-hybridized carbons (Fsp3) is 0. The lowest BCUT2D eigenvalue weighted by Crippen LogP contribution is -2.09. The number of carbonyl (C=O) groups is 1. The number of nitrogens with zero attached hydrogens (tertiary/aromatic N) is 1. The third-order valence-electron chi connectivity index (χ3n) is 2.05. The van der Waals surface area contributed by atoms with Gasteiger partial charge in [0, 0.05) is 0 Å². The zero-order chi connectivity index (χ0) is 13.1. The van der Waals surface area contributed by atoms with Crippen molar-refractivity contribution in [2.45, 2.75) is 0 Å². The maximum atomic E-state index is 11.8. The van der Waals surface area contributed by atoms with Gasteiger partial charge in [0.1, 0.15) is 5.02 Å². The van der Waals surface area contributed by atoms with Crippen LogP contribution in [0.5, 0.6) is 5.88 Å². The molecule has 3 nitrogen and oxygen atoms in total. The van der Waals surface area contributed by atoms with Gasteiger partial charge in [-0.2, -0.15) is 4.98 Å². The largest absolute Gasteiger partial charge is 0.402 e. The molecule has 2 rings (SSSR count). The molecule has 0 fully saturated rings. The Labute approximate surface area is 118 Å². The van der Waals surface area contributed by atoms with Crippen LogP contribution in [-0.4, -0.2) is 11.0 Å². The van der Waals surface area contributed by atoms with Crippen LogP contribution in [0, 0.1) is 0 Å². The summed E-state index contributed by atoms with van der Waals surface area (Å²) in [6.45, 7) is 0. The van der Waals surface area contributed by atoms with Crippen LogP contribution in [0.15, 0.2) is 36.4 Å². The summed E-state index contributed by atoms with van der Waals surface area (Å²) in [5, 5.41) is 0.340. The molecule has 0 aliphatic heterocycles. The van der Waals surface area contributed by atoms with E-state index >= 15 is 0 Å². The van der Waals surface area contributed by atoms with Gasteiger partial charge >= 0.3 is 5.97 Å². The quantitative estimate of drug-likeness (QED) is 0.614. The monoisotopic (exact) mass is 301 g/mol. The van der Waals surface area contributed by atoms with Gasteiger partial charge in [0.2, 0.25) is 5.88 Å². The van der Waals surface area contributed by atoms with E-state index in [1.165, 1.54) is 6.07 Å². The third-order valence-corrected chi connectivity index (χ3v) is 3.00. The first-order valence-electron chi connectivity index (χ1n) is 4.86. The van der Waals surface area contributed by atoms with Gasteiger partial charge in [-0.25, -0.2) is 4.79 Å². The zero-order valence-electron chi connectivity index (χ0n) is 8.86. The van der Waals surface area contributed by atoms with Crippen molar-refractivity contribution < 1.29 is 9.53 Å². The van der Waals surface area contributed by atoms with Crippen molar-refractivity contribution in [2.75, 3.05) is 0 Å². The Bertz CT molecular complexity index is 587. The first-order valence-corrected chi connectivity index (χ1v) is 6.00. The minimum Gasteiger partial charge on any atom is -0.402 e. The van der Waals surface area contributed by atoms with Crippen molar-refractivity contribution in [2.24, 2.45) is 0 Å². The van der Waals surface area contributed by atoms with E-state index < -0.39 is 5.97 Å². The van der Waals surface area contributed by atoms with Gasteiger partial charge in [0.25, 0.3) is 0 Å². The third kappa shape index (κ3) is 2.93. The molecule has 0 saturated heterocycles. The highest BCUT2D eigenvalue weighted by molar-refractivity contribution is 6.42. The fourth-order valence-corrected chi connectivity index (χ4v) is 1.75. The highest BCUT2D eigenvalue weighted by Crippen LogP contribution is 2.30.